The summed E-state index contributed by atoms with van der Waals surface area (Å²) in [7, 11) is 0. The number of nitrogens with zero attached hydrogens (tertiary/aromatic N) is 1. The van der Waals surface area contributed by atoms with Gasteiger partial charge in [0.15, 0.2) is 5.78 Å². The molecule has 2 N–H and O–H groups in total. The predicted octanol–water partition coefficient (Wildman–Crippen LogP) is 1.20. The minimum Gasteiger partial charge on any atom is -0.395 e. The third kappa shape index (κ3) is 2.77. The number of Topliss-reactive ketones (excluding diaryl/α,β-unsaturated/α-hetero) is 1. The quantitative estimate of drug-likeness (QED) is 0.445. The summed E-state index contributed by atoms with van der Waals surface area (Å²) < 4.78 is 0. The molecule has 0 saturated heterocycles. The van der Waals surface area contributed by atoms with E-state index >= 15 is 0 Å². The van der Waals surface area contributed by atoms with Crippen LogP contribution in [0.2, 0.25) is 0 Å². The van der Waals surface area contributed by atoms with Gasteiger partial charge in [0.25, 0.3) is 5.69 Å². The monoisotopic (exact) mass is 224 g/mol. The molecular weight excluding hydrogens is 212 g/mol. The number of rotatable bonds is 5. The van der Waals surface area contributed by atoms with Gasteiger partial charge in [-0.2, -0.15) is 0 Å². The molecule has 0 spiro atoms. The topological polar surface area (TPSA) is 92.5 Å². The summed E-state index contributed by atoms with van der Waals surface area (Å²) in [4.78, 5) is 21.3. The Kier molecular flexibility index (Phi) is 3.96. The molecule has 0 bridgehead atoms. The van der Waals surface area contributed by atoms with E-state index in [-0.39, 0.29) is 24.6 Å². The predicted molar refractivity (Wildman–Crippen MR) is 58.7 cm³/mol. The van der Waals surface area contributed by atoms with Gasteiger partial charge in [0.05, 0.1) is 11.5 Å². The zero-order valence-electron chi connectivity index (χ0n) is 8.77. The highest BCUT2D eigenvalue weighted by molar-refractivity contribution is 5.95. The van der Waals surface area contributed by atoms with Crippen molar-refractivity contribution in [2.75, 3.05) is 18.5 Å². The van der Waals surface area contributed by atoms with E-state index in [0.29, 0.717) is 11.3 Å². The Bertz CT molecular complexity index is 417. The van der Waals surface area contributed by atoms with E-state index in [2.05, 4.69) is 5.32 Å². The Morgan fingerprint density at radius 3 is 2.75 bits per heavy atom. The van der Waals surface area contributed by atoms with Crippen molar-refractivity contribution in [2.24, 2.45) is 0 Å². The molecular formula is C10H12N2O4. The van der Waals surface area contributed by atoms with Crippen molar-refractivity contribution in [1.29, 1.82) is 0 Å². The van der Waals surface area contributed by atoms with Gasteiger partial charge in [0.1, 0.15) is 5.69 Å². The number of nitrogens with one attached hydrogen (secondary N) is 1. The van der Waals surface area contributed by atoms with Crippen molar-refractivity contribution in [1.82, 2.24) is 0 Å². The first kappa shape index (κ1) is 12.1. The lowest BCUT2D eigenvalue weighted by Gasteiger charge is -2.06. The van der Waals surface area contributed by atoms with Gasteiger partial charge in [-0.05, 0) is 19.1 Å². The lowest BCUT2D eigenvalue weighted by molar-refractivity contribution is -0.384. The molecule has 0 aliphatic carbocycles. The summed E-state index contributed by atoms with van der Waals surface area (Å²) in [5, 5.41) is 22.1. The third-order valence-electron chi connectivity index (χ3n) is 2.03. The van der Waals surface area contributed by atoms with Crippen LogP contribution in [0.1, 0.15) is 17.3 Å². The second-order valence-corrected chi connectivity index (χ2v) is 3.20. The Morgan fingerprint density at radius 1 is 1.56 bits per heavy atom. The minimum absolute atomic E-state index is 0.119. The fourth-order valence-electron chi connectivity index (χ4n) is 1.24. The van der Waals surface area contributed by atoms with Gasteiger partial charge in [-0.1, -0.05) is 0 Å². The summed E-state index contributed by atoms with van der Waals surface area (Å²) in [6.45, 7) is 1.45. The number of aliphatic hydroxyl groups is 1. The average Bonchev–Trinajstić information content (AvgIpc) is 2.25. The number of anilines is 1. The second kappa shape index (κ2) is 5.22. The second-order valence-electron chi connectivity index (χ2n) is 3.20. The molecule has 86 valence electrons. The number of benzene rings is 1. The Hall–Kier alpha value is -1.95. The van der Waals surface area contributed by atoms with Crippen LogP contribution in [-0.4, -0.2) is 29.0 Å². The molecule has 0 aliphatic heterocycles. The number of nitro groups is 1. The molecule has 1 aromatic carbocycles. The third-order valence-corrected chi connectivity index (χ3v) is 2.03. The number of carbonyl (C=O) groups excluding carboxylic acids is 1. The van der Waals surface area contributed by atoms with Crippen LogP contribution in [0, 0.1) is 10.1 Å². The molecule has 0 unspecified atom stereocenters. The normalized spacial score (nSPS) is 9.88. The molecule has 0 atom stereocenters. The lowest BCUT2D eigenvalue weighted by Crippen LogP contribution is -2.08. The highest BCUT2D eigenvalue weighted by atomic mass is 16.6. The van der Waals surface area contributed by atoms with Crippen molar-refractivity contribution in [3.63, 3.8) is 0 Å². The van der Waals surface area contributed by atoms with E-state index in [1.54, 1.807) is 0 Å². The van der Waals surface area contributed by atoms with E-state index < -0.39 is 4.92 Å². The van der Waals surface area contributed by atoms with E-state index in [4.69, 9.17) is 5.11 Å². The number of carbonyl (C=O) groups is 1. The van der Waals surface area contributed by atoms with E-state index in [1.807, 2.05) is 0 Å². The van der Waals surface area contributed by atoms with Crippen LogP contribution in [0.5, 0.6) is 0 Å². The van der Waals surface area contributed by atoms with Crippen LogP contribution in [0.25, 0.3) is 0 Å². The summed E-state index contributed by atoms with van der Waals surface area (Å²) in [6, 6.07) is 4.20. The van der Waals surface area contributed by atoms with Gasteiger partial charge in [-0.25, -0.2) is 0 Å². The van der Waals surface area contributed by atoms with Crippen molar-refractivity contribution < 1.29 is 14.8 Å². The van der Waals surface area contributed by atoms with Crippen LogP contribution in [0.3, 0.4) is 0 Å². The maximum atomic E-state index is 11.1. The fraction of sp³-hybridized carbons (Fsp3) is 0.300. The molecule has 6 heteroatoms. The minimum atomic E-state index is -0.563. The first-order chi connectivity index (χ1) is 7.56. The molecule has 1 aromatic rings. The number of aliphatic hydroxyl groups excluding tert-OH is 1. The molecule has 0 aromatic heterocycles. The maximum Gasteiger partial charge on any atom is 0.293 e. The summed E-state index contributed by atoms with van der Waals surface area (Å²) >= 11 is 0. The smallest absolute Gasteiger partial charge is 0.293 e. The van der Waals surface area contributed by atoms with Gasteiger partial charge in [-0.15, -0.1) is 0 Å². The van der Waals surface area contributed by atoms with Gasteiger partial charge in [0.2, 0.25) is 0 Å². The van der Waals surface area contributed by atoms with Gasteiger partial charge in [0, 0.05) is 18.2 Å². The Morgan fingerprint density at radius 2 is 2.25 bits per heavy atom. The van der Waals surface area contributed by atoms with Gasteiger partial charge >= 0.3 is 0 Å². The molecule has 0 aliphatic rings. The lowest BCUT2D eigenvalue weighted by atomic mass is 10.1. The maximum absolute atomic E-state index is 11.1. The average molecular weight is 224 g/mol. The van der Waals surface area contributed by atoms with E-state index in [9.17, 15) is 14.9 Å². The zero-order chi connectivity index (χ0) is 12.1. The largest absolute Gasteiger partial charge is 0.395 e. The Balaban J connectivity index is 3.09. The summed E-state index contributed by atoms with van der Waals surface area (Å²) in [5.74, 6) is -0.225. The van der Waals surface area contributed by atoms with Crippen molar-refractivity contribution >= 4 is 17.2 Å². The highest BCUT2D eigenvalue weighted by Crippen LogP contribution is 2.25. The molecule has 0 radical (unpaired) electrons. The molecule has 6 nitrogen and oxygen atoms in total. The number of hydrogen-bond acceptors (Lipinski definition) is 5. The highest BCUT2D eigenvalue weighted by Gasteiger charge is 2.15. The van der Waals surface area contributed by atoms with Crippen molar-refractivity contribution in [3.8, 4) is 0 Å². The van der Waals surface area contributed by atoms with Crippen LogP contribution in [-0.2, 0) is 0 Å². The first-order valence-corrected chi connectivity index (χ1v) is 4.70. The number of hydrogen-bond donors (Lipinski definition) is 2. The van der Waals surface area contributed by atoms with Crippen molar-refractivity contribution in [3.05, 3.63) is 33.9 Å². The first-order valence-electron chi connectivity index (χ1n) is 4.70. The van der Waals surface area contributed by atoms with Gasteiger partial charge in [-0.3, -0.25) is 14.9 Å². The molecule has 0 amide bonds. The van der Waals surface area contributed by atoms with Crippen LogP contribution in [0.15, 0.2) is 18.2 Å². The van der Waals surface area contributed by atoms with Crippen LogP contribution < -0.4 is 5.32 Å². The SMILES string of the molecule is CC(=O)c1ccc(NCCO)c([N+](=O)[O-])c1. The number of nitro benzene ring substituents is 1. The van der Waals surface area contributed by atoms with E-state index in [1.165, 1.54) is 25.1 Å². The molecule has 0 fully saturated rings. The molecule has 16 heavy (non-hydrogen) atoms. The van der Waals surface area contributed by atoms with Crippen molar-refractivity contribution in [2.45, 2.75) is 6.92 Å². The Labute approximate surface area is 92.0 Å². The summed E-state index contributed by atoms with van der Waals surface area (Å²) in [5.41, 5.74) is 0.423. The van der Waals surface area contributed by atoms with Crippen LogP contribution in [0.4, 0.5) is 11.4 Å². The fourth-order valence-corrected chi connectivity index (χ4v) is 1.24. The number of ketones is 1. The molecule has 0 saturated carbocycles. The van der Waals surface area contributed by atoms with Crippen LogP contribution >= 0.6 is 0 Å². The zero-order valence-corrected chi connectivity index (χ0v) is 8.77. The standard InChI is InChI=1S/C10H12N2O4/c1-7(14)8-2-3-9(11-4-5-13)10(6-8)12(15)16/h2-3,6,11,13H,4-5H2,1H3. The molecule has 0 heterocycles. The summed E-state index contributed by atoms with van der Waals surface area (Å²) in [6.07, 6.45) is 0. The van der Waals surface area contributed by atoms with Gasteiger partial charge < -0.3 is 10.4 Å². The van der Waals surface area contributed by atoms with E-state index in [0.717, 1.165) is 0 Å². The molecule has 1 rings (SSSR count).